The van der Waals surface area contributed by atoms with E-state index in [4.69, 9.17) is 0 Å². The molecule has 4 heteroatoms. The molecular formula is C26H16N4. The second-order valence-electron chi connectivity index (χ2n) is 7.58. The monoisotopic (exact) mass is 384 g/mol. The Balaban J connectivity index is 1.83. The van der Waals surface area contributed by atoms with E-state index < -0.39 is 0 Å². The minimum atomic E-state index is 0.962. The first-order valence-electron chi connectivity index (χ1n) is 10.0. The van der Waals surface area contributed by atoms with E-state index in [1.807, 2.05) is 24.8 Å². The first-order valence-corrected chi connectivity index (χ1v) is 10.0. The first-order chi connectivity index (χ1) is 14.9. The fourth-order valence-corrected chi connectivity index (χ4v) is 4.87. The summed E-state index contributed by atoms with van der Waals surface area (Å²) in [6.07, 6.45) is 7.67. The molecule has 4 nitrogen and oxygen atoms in total. The van der Waals surface area contributed by atoms with Crippen molar-refractivity contribution >= 4 is 49.1 Å². The van der Waals surface area contributed by atoms with Crippen LogP contribution in [0.4, 0.5) is 0 Å². The minimum absolute atomic E-state index is 0.962. The van der Waals surface area contributed by atoms with Crippen molar-refractivity contribution < 1.29 is 0 Å². The number of aromatic nitrogens is 4. The molecule has 30 heavy (non-hydrogen) atoms. The molecule has 0 N–H and O–H groups in total. The average Bonchev–Trinajstić information content (AvgIpc) is 3.43. The van der Waals surface area contributed by atoms with Crippen LogP contribution in [0.1, 0.15) is 0 Å². The van der Waals surface area contributed by atoms with Crippen LogP contribution >= 0.6 is 0 Å². The van der Waals surface area contributed by atoms with Crippen molar-refractivity contribution in [2.75, 3.05) is 0 Å². The number of hydrogen-bond donors (Lipinski definition) is 0. The number of rotatable bonds is 1. The van der Waals surface area contributed by atoms with Crippen molar-refractivity contribution in [1.29, 1.82) is 0 Å². The van der Waals surface area contributed by atoms with Gasteiger partial charge in [-0.3, -0.25) is 9.38 Å². The molecule has 0 aliphatic rings. The van der Waals surface area contributed by atoms with Crippen molar-refractivity contribution in [3.8, 4) is 5.69 Å². The first kappa shape index (κ1) is 15.7. The summed E-state index contributed by atoms with van der Waals surface area (Å²) >= 11 is 0. The molecule has 0 aliphatic heterocycles. The summed E-state index contributed by atoms with van der Waals surface area (Å²) in [6, 6.07) is 25.8. The van der Waals surface area contributed by atoms with Crippen molar-refractivity contribution in [2.24, 2.45) is 0 Å². The summed E-state index contributed by atoms with van der Waals surface area (Å²) in [7, 11) is 0. The molecule has 0 unspecified atom stereocenters. The van der Waals surface area contributed by atoms with E-state index in [1.54, 1.807) is 0 Å². The molecule has 0 amide bonds. The van der Waals surface area contributed by atoms with Crippen LogP contribution in [-0.2, 0) is 0 Å². The molecule has 0 spiro atoms. The van der Waals surface area contributed by atoms with Crippen LogP contribution in [0.25, 0.3) is 54.8 Å². The Bertz CT molecular complexity index is 1740. The third-order valence-electron chi connectivity index (χ3n) is 6.06. The third kappa shape index (κ3) is 1.90. The summed E-state index contributed by atoms with van der Waals surface area (Å²) in [4.78, 5) is 9.07. The number of imidazole rings is 1. The van der Waals surface area contributed by atoms with Gasteiger partial charge in [0.15, 0.2) is 0 Å². The summed E-state index contributed by atoms with van der Waals surface area (Å²) in [5, 5.41) is 6.08. The van der Waals surface area contributed by atoms with Crippen LogP contribution in [0.15, 0.2) is 97.6 Å². The number of para-hydroxylation sites is 2. The standard InChI is InChI=1S/C26H16N4/c1-2-6-17(7-3-1)30-21-9-5-4-8-18(21)25-22(30)11-10-20-24(25)19-12-13-27-16-23(19)29-15-14-28-26(20)29/h1-16H. The lowest BCUT2D eigenvalue weighted by Crippen LogP contribution is -1.94. The normalized spacial score (nSPS) is 12.0. The highest BCUT2D eigenvalue weighted by Gasteiger charge is 2.18. The zero-order valence-electron chi connectivity index (χ0n) is 16.0. The molecule has 3 aromatic carbocycles. The minimum Gasteiger partial charge on any atom is -0.309 e. The average molecular weight is 384 g/mol. The van der Waals surface area contributed by atoms with Crippen molar-refractivity contribution in [3.63, 3.8) is 0 Å². The topological polar surface area (TPSA) is 35.1 Å². The molecule has 7 aromatic rings. The zero-order valence-corrected chi connectivity index (χ0v) is 16.0. The Morgan fingerprint density at radius 1 is 0.600 bits per heavy atom. The smallest absolute Gasteiger partial charge is 0.145 e. The van der Waals surface area contributed by atoms with E-state index >= 15 is 0 Å². The van der Waals surface area contributed by atoms with Gasteiger partial charge in [-0.1, -0.05) is 36.4 Å². The van der Waals surface area contributed by atoms with Gasteiger partial charge >= 0.3 is 0 Å². The van der Waals surface area contributed by atoms with Gasteiger partial charge in [0.2, 0.25) is 0 Å². The van der Waals surface area contributed by atoms with Gasteiger partial charge in [0, 0.05) is 51.2 Å². The molecule has 0 saturated heterocycles. The highest BCUT2D eigenvalue weighted by molar-refractivity contribution is 6.29. The fraction of sp³-hybridized carbons (Fsp3) is 0. The molecule has 4 aromatic heterocycles. The van der Waals surface area contributed by atoms with Crippen LogP contribution in [-0.4, -0.2) is 18.9 Å². The lowest BCUT2D eigenvalue weighted by atomic mass is 10.0. The maximum Gasteiger partial charge on any atom is 0.145 e. The van der Waals surface area contributed by atoms with Crippen LogP contribution in [0.3, 0.4) is 0 Å². The van der Waals surface area contributed by atoms with E-state index in [9.17, 15) is 0 Å². The van der Waals surface area contributed by atoms with Gasteiger partial charge < -0.3 is 4.57 Å². The molecular weight excluding hydrogens is 368 g/mol. The fourth-order valence-electron chi connectivity index (χ4n) is 4.87. The van der Waals surface area contributed by atoms with E-state index in [-0.39, 0.29) is 0 Å². The molecule has 0 bridgehead atoms. The van der Waals surface area contributed by atoms with Gasteiger partial charge in [0.05, 0.1) is 22.7 Å². The maximum atomic E-state index is 4.68. The Labute approximate surface area is 171 Å². The van der Waals surface area contributed by atoms with Gasteiger partial charge in [-0.2, -0.15) is 0 Å². The predicted molar refractivity (Wildman–Crippen MR) is 122 cm³/mol. The summed E-state index contributed by atoms with van der Waals surface area (Å²) < 4.78 is 4.49. The van der Waals surface area contributed by atoms with Crippen molar-refractivity contribution in [1.82, 2.24) is 18.9 Å². The Morgan fingerprint density at radius 3 is 2.37 bits per heavy atom. The molecule has 4 heterocycles. The van der Waals surface area contributed by atoms with E-state index in [1.165, 1.54) is 32.6 Å². The molecule has 0 fully saturated rings. The van der Waals surface area contributed by atoms with Gasteiger partial charge in [-0.05, 0) is 36.4 Å². The second-order valence-corrected chi connectivity index (χ2v) is 7.58. The van der Waals surface area contributed by atoms with Crippen LogP contribution < -0.4 is 0 Å². The molecule has 0 atom stereocenters. The number of benzene rings is 3. The lowest BCUT2D eigenvalue weighted by molar-refractivity contribution is 1.18. The molecule has 7 rings (SSSR count). The maximum absolute atomic E-state index is 4.68. The Kier molecular flexibility index (Phi) is 2.97. The Hall–Kier alpha value is -4.18. The SMILES string of the molecule is c1ccc(-n2c3ccccc3c3c4c5ccncc5n5ccnc5c4ccc32)cc1. The molecule has 140 valence electrons. The lowest BCUT2D eigenvalue weighted by Gasteiger charge is -2.11. The Morgan fingerprint density at radius 2 is 1.43 bits per heavy atom. The quantitative estimate of drug-likeness (QED) is 0.319. The molecule has 0 radical (unpaired) electrons. The third-order valence-corrected chi connectivity index (χ3v) is 6.06. The van der Waals surface area contributed by atoms with Crippen LogP contribution in [0.5, 0.6) is 0 Å². The van der Waals surface area contributed by atoms with E-state index in [2.05, 4.69) is 91.7 Å². The predicted octanol–water partition coefficient (Wildman–Crippen LogP) is 6.13. The molecule has 0 aliphatic carbocycles. The second kappa shape index (κ2) is 5.67. The van der Waals surface area contributed by atoms with Gasteiger partial charge in [-0.25, -0.2) is 4.98 Å². The van der Waals surface area contributed by atoms with Crippen LogP contribution in [0, 0.1) is 0 Å². The number of nitrogens with zero attached hydrogens (tertiary/aromatic N) is 4. The summed E-state index contributed by atoms with van der Waals surface area (Å²) in [5.74, 6) is 0. The van der Waals surface area contributed by atoms with Gasteiger partial charge in [0.25, 0.3) is 0 Å². The number of fused-ring (bicyclic) bond motifs is 10. The van der Waals surface area contributed by atoms with Crippen LogP contribution in [0.2, 0.25) is 0 Å². The van der Waals surface area contributed by atoms with E-state index in [0.717, 1.165) is 22.2 Å². The number of pyridine rings is 2. The molecule has 0 saturated carbocycles. The summed E-state index contributed by atoms with van der Waals surface area (Å²) in [5.41, 5.74) is 5.60. The number of hydrogen-bond acceptors (Lipinski definition) is 2. The van der Waals surface area contributed by atoms with Gasteiger partial charge in [0.1, 0.15) is 5.65 Å². The highest BCUT2D eigenvalue weighted by atomic mass is 15.0. The van der Waals surface area contributed by atoms with E-state index in [0.29, 0.717) is 0 Å². The van der Waals surface area contributed by atoms with Crippen molar-refractivity contribution in [2.45, 2.75) is 0 Å². The van der Waals surface area contributed by atoms with Crippen molar-refractivity contribution in [3.05, 3.63) is 97.6 Å². The summed E-state index contributed by atoms with van der Waals surface area (Å²) in [6.45, 7) is 0. The zero-order chi connectivity index (χ0) is 19.7. The van der Waals surface area contributed by atoms with Gasteiger partial charge in [-0.15, -0.1) is 0 Å². The highest BCUT2D eigenvalue weighted by Crippen LogP contribution is 2.40. The largest absolute Gasteiger partial charge is 0.309 e.